The van der Waals surface area contributed by atoms with Crippen LogP contribution < -0.4 is 5.32 Å². The first kappa shape index (κ1) is 14.6. The Kier molecular flexibility index (Phi) is 4.77. The Hall–Kier alpha value is -1.50. The van der Waals surface area contributed by atoms with Crippen LogP contribution in [0.3, 0.4) is 0 Å². The Balaban J connectivity index is 2.64. The molecule has 4 nitrogen and oxygen atoms in total. The Labute approximate surface area is 104 Å². The van der Waals surface area contributed by atoms with Gasteiger partial charge in [-0.1, -0.05) is 13.0 Å². The van der Waals surface area contributed by atoms with Crippen molar-refractivity contribution in [1.82, 2.24) is 5.32 Å². The van der Waals surface area contributed by atoms with Crippen LogP contribution >= 0.6 is 0 Å². The van der Waals surface area contributed by atoms with Gasteiger partial charge >= 0.3 is 0 Å². The monoisotopic (exact) mass is 277 g/mol. The molecule has 0 bridgehead atoms. The molecule has 1 rings (SSSR count). The van der Waals surface area contributed by atoms with Crippen molar-refractivity contribution in [3.05, 3.63) is 35.4 Å². The fourth-order valence-corrected chi connectivity index (χ4v) is 1.94. The van der Waals surface area contributed by atoms with E-state index in [-0.39, 0.29) is 18.1 Å². The number of carbonyl (C=O) groups is 1. The lowest BCUT2D eigenvalue weighted by molar-refractivity contribution is 0.0951. The number of hydrogen-bond acceptors (Lipinski definition) is 3. The highest BCUT2D eigenvalue weighted by atomic mass is 32.2. The molecule has 0 aromatic heterocycles. The summed E-state index contributed by atoms with van der Waals surface area (Å²) in [6, 6.07) is 3.23. The lowest BCUT2D eigenvalue weighted by Crippen LogP contribution is -2.30. The minimum Gasteiger partial charge on any atom is -0.351 e. The Morgan fingerprint density at radius 3 is 2.61 bits per heavy atom. The van der Waals surface area contributed by atoms with Gasteiger partial charge in [0.15, 0.2) is 21.5 Å². The van der Waals surface area contributed by atoms with E-state index in [4.69, 9.17) is 0 Å². The standard InChI is InChI=1S/C11H13F2NO3S/c1-2-18(16,17)7-6-14-11(15)8-4-3-5-9(12)10(8)13/h3-5H,2,6-7H2,1H3,(H,14,15). The highest BCUT2D eigenvalue weighted by molar-refractivity contribution is 7.91. The van der Waals surface area contributed by atoms with Crippen LogP contribution in [-0.2, 0) is 9.84 Å². The zero-order valence-corrected chi connectivity index (χ0v) is 10.6. The molecular weight excluding hydrogens is 264 g/mol. The fraction of sp³-hybridized carbons (Fsp3) is 0.364. The number of benzene rings is 1. The molecular formula is C11H13F2NO3S. The largest absolute Gasteiger partial charge is 0.351 e. The highest BCUT2D eigenvalue weighted by Gasteiger charge is 2.15. The van der Waals surface area contributed by atoms with Crippen molar-refractivity contribution in [3.8, 4) is 0 Å². The van der Waals surface area contributed by atoms with E-state index in [1.807, 2.05) is 0 Å². The smallest absolute Gasteiger partial charge is 0.254 e. The van der Waals surface area contributed by atoms with Crippen LogP contribution in [0.1, 0.15) is 17.3 Å². The van der Waals surface area contributed by atoms with E-state index < -0.39 is 32.9 Å². The minimum absolute atomic E-state index is 0.0306. The molecule has 1 amide bonds. The van der Waals surface area contributed by atoms with Crippen LogP contribution in [0.5, 0.6) is 0 Å². The van der Waals surface area contributed by atoms with Gasteiger partial charge in [-0.2, -0.15) is 0 Å². The number of amides is 1. The number of nitrogens with one attached hydrogen (secondary N) is 1. The normalized spacial score (nSPS) is 11.3. The van der Waals surface area contributed by atoms with E-state index in [0.717, 1.165) is 12.1 Å². The number of halogens is 2. The summed E-state index contributed by atoms with van der Waals surface area (Å²) >= 11 is 0. The molecule has 0 atom stereocenters. The molecule has 0 aliphatic carbocycles. The molecule has 18 heavy (non-hydrogen) atoms. The van der Waals surface area contributed by atoms with E-state index in [1.165, 1.54) is 13.0 Å². The molecule has 0 heterocycles. The summed E-state index contributed by atoms with van der Waals surface area (Å²) in [6.45, 7) is 1.36. The molecule has 0 aliphatic heterocycles. The average Bonchev–Trinajstić information content (AvgIpc) is 2.32. The third-order valence-electron chi connectivity index (χ3n) is 2.33. The molecule has 0 radical (unpaired) electrons. The second kappa shape index (κ2) is 5.90. The van der Waals surface area contributed by atoms with E-state index in [0.29, 0.717) is 0 Å². The molecule has 1 aromatic rings. The Bertz CT molecular complexity index is 543. The molecule has 0 fully saturated rings. The maximum absolute atomic E-state index is 13.2. The quantitative estimate of drug-likeness (QED) is 0.877. The van der Waals surface area contributed by atoms with Crippen molar-refractivity contribution < 1.29 is 22.0 Å². The van der Waals surface area contributed by atoms with Crippen LogP contribution in [0, 0.1) is 11.6 Å². The van der Waals surface area contributed by atoms with E-state index in [2.05, 4.69) is 5.32 Å². The molecule has 100 valence electrons. The summed E-state index contributed by atoms with van der Waals surface area (Å²) in [5.74, 6) is -3.46. The summed E-state index contributed by atoms with van der Waals surface area (Å²) in [6.07, 6.45) is 0. The van der Waals surface area contributed by atoms with Gasteiger partial charge in [0.1, 0.15) is 0 Å². The molecule has 1 N–H and O–H groups in total. The third-order valence-corrected chi connectivity index (χ3v) is 4.04. The first-order valence-electron chi connectivity index (χ1n) is 5.30. The van der Waals surface area contributed by atoms with Crippen molar-refractivity contribution in [2.45, 2.75) is 6.92 Å². The van der Waals surface area contributed by atoms with Crippen molar-refractivity contribution in [2.75, 3.05) is 18.1 Å². The van der Waals surface area contributed by atoms with E-state index in [9.17, 15) is 22.0 Å². The molecule has 0 unspecified atom stereocenters. The predicted molar refractivity (Wildman–Crippen MR) is 63.0 cm³/mol. The maximum Gasteiger partial charge on any atom is 0.254 e. The first-order valence-corrected chi connectivity index (χ1v) is 7.12. The van der Waals surface area contributed by atoms with Gasteiger partial charge in [-0.25, -0.2) is 17.2 Å². The van der Waals surface area contributed by atoms with Gasteiger partial charge in [-0.3, -0.25) is 4.79 Å². The lowest BCUT2D eigenvalue weighted by Gasteiger charge is -2.06. The Morgan fingerprint density at radius 1 is 1.33 bits per heavy atom. The van der Waals surface area contributed by atoms with E-state index >= 15 is 0 Å². The van der Waals surface area contributed by atoms with Gasteiger partial charge in [-0.15, -0.1) is 0 Å². The summed E-state index contributed by atoms with van der Waals surface area (Å²) in [7, 11) is -3.20. The first-order chi connectivity index (χ1) is 8.37. The highest BCUT2D eigenvalue weighted by Crippen LogP contribution is 2.10. The lowest BCUT2D eigenvalue weighted by atomic mass is 10.2. The molecule has 0 aliphatic rings. The van der Waals surface area contributed by atoms with Gasteiger partial charge in [0.05, 0.1) is 11.3 Å². The number of rotatable bonds is 5. The van der Waals surface area contributed by atoms with Gasteiger partial charge in [0.2, 0.25) is 0 Å². The average molecular weight is 277 g/mol. The maximum atomic E-state index is 13.2. The summed E-state index contributed by atoms with van der Waals surface area (Å²) < 4.78 is 48.4. The molecule has 0 saturated heterocycles. The van der Waals surface area contributed by atoms with E-state index in [1.54, 1.807) is 0 Å². The number of hydrogen-bond donors (Lipinski definition) is 1. The van der Waals surface area contributed by atoms with Crippen molar-refractivity contribution in [2.24, 2.45) is 0 Å². The Morgan fingerprint density at radius 2 is 2.00 bits per heavy atom. The van der Waals surface area contributed by atoms with Gasteiger partial charge in [0.25, 0.3) is 5.91 Å². The second-order valence-corrected chi connectivity index (χ2v) is 6.07. The van der Waals surface area contributed by atoms with Gasteiger partial charge in [0, 0.05) is 12.3 Å². The zero-order valence-electron chi connectivity index (χ0n) is 9.74. The minimum atomic E-state index is -3.20. The van der Waals surface area contributed by atoms with Gasteiger partial charge < -0.3 is 5.32 Å². The fourth-order valence-electron chi connectivity index (χ4n) is 1.24. The van der Waals surface area contributed by atoms with Crippen molar-refractivity contribution in [1.29, 1.82) is 0 Å². The second-order valence-electron chi connectivity index (χ2n) is 3.59. The van der Waals surface area contributed by atoms with Gasteiger partial charge in [-0.05, 0) is 12.1 Å². The summed E-state index contributed by atoms with van der Waals surface area (Å²) in [5, 5.41) is 2.23. The van der Waals surface area contributed by atoms with Crippen LogP contribution in [0.4, 0.5) is 8.78 Å². The van der Waals surface area contributed by atoms with Crippen LogP contribution in [0.25, 0.3) is 0 Å². The number of carbonyl (C=O) groups excluding carboxylic acids is 1. The molecule has 0 spiro atoms. The molecule has 1 aromatic carbocycles. The molecule has 0 saturated carbocycles. The topological polar surface area (TPSA) is 63.2 Å². The summed E-state index contributed by atoms with van der Waals surface area (Å²) in [4.78, 5) is 11.5. The molecule has 7 heteroatoms. The summed E-state index contributed by atoms with van der Waals surface area (Å²) in [5.41, 5.74) is -0.441. The predicted octanol–water partition coefficient (Wildman–Crippen LogP) is 1.13. The number of sulfone groups is 1. The SMILES string of the molecule is CCS(=O)(=O)CCNC(=O)c1cccc(F)c1F. The van der Waals surface area contributed by atoms with Crippen LogP contribution in [-0.4, -0.2) is 32.4 Å². The van der Waals surface area contributed by atoms with Crippen molar-refractivity contribution >= 4 is 15.7 Å². The van der Waals surface area contributed by atoms with Crippen LogP contribution in [0.2, 0.25) is 0 Å². The van der Waals surface area contributed by atoms with Crippen LogP contribution in [0.15, 0.2) is 18.2 Å². The zero-order chi connectivity index (χ0) is 13.8. The third kappa shape index (κ3) is 3.76. The van der Waals surface area contributed by atoms with Crippen molar-refractivity contribution in [3.63, 3.8) is 0 Å².